The first-order chi connectivity index (χ1) is 38.8. The summed E-state index contributed by atoms with van der Waals surface area (Å²) in [6, 6.07) is 10.1. The van der Waals surface area contributed by atoms with Crippen LogP contribution in [0.4, 0.5) is 11.4 Å². The molecular weight excluding hydrogens is 1120 g/mol. The average molecular weight is 1220 g/mol. The first-order valence-electron chi connectivity index (χ1n) is 28.6. The van der Waals surface area contributed by atoms with Crippen molar-refractivity contribution in [2.24, 2.45) is 23.7 Å². The molecule has 5 N–H and O–H groups in total. The highest BCUT2D eigenvalue weighted by molar-refractivity contribution is 6.39. The van der Waals surface area contributed by atoms with Crippen LogP contribution in [0.5, 0.6) is 0 Å². The van der Waals surface area contributed by atoms with Crippen molar-refractivity contribution in [1.29, 1.82) is 0 Å². The molecule has 83 heavy (non-hydrogen) atoms. The maximum atomic E-state index is 14.3. The summed E-state index contributed by atoms with van der Waals surface area (Å²) in [5.41, 5.74) is -2.68. The first-order valence-corrected chi connectivity index (χ1v) is 29.3. The molecule has 3 heterocycles. The van der Waals surface area contributed by atoms with Gasteiger partial charge in [0.1, 0.15) is 23.6 Å². The fourth-order valence-corrected chi connectivity index (χ4v) is 11.6. The molecule has 23 heteroatoms. The molecule has 3 fully saturated rings. The van der Waals surface area contributed by atoms with Gasteiger partial charge in [-0.2, -0.15) is 0 Å². The number of aliphatic hydroxyl groups excluding tert-OH is 2. The summed E-state index contributed by atoms with van der Waals surface area (Å²) in [5, 5.41) is 50.9. The van der Waals surface area contributed by atoms with Crippen LogP contribution >= 0.6 is 23.2 Å². The number of nitrogens with zero attached hydrogens (tertiary/aromatic N) is 1. The molecule has 0 aliphatic carbocycles. The Morgan fingerprint density at radius 1 is 0.819 bits per heavy atom. The number of anilines is 2. The Hall–Kier alpha value is -4.07. The normalized spacial score (nSPS) is 34.6. The van der Waals surface area contributed by atoms with E-state index in [0.717, 1.165) is 5.56 Å². The van der Waals surface area contributed by atoms with Crippen LogP contribution < -0.4 is 5.32 Å². The molecule has 0 bridgehead atoms. The van der Waals surface area contributed by atoms with Crippen molar-refractivity contribution in [3.63, 3.8) is 0 Å². The first kappa shape index (κ1) is 71.4. The SMILES string of the molecule is CCOC(=O)CCC(=O)O[C@H]1[C@H](O[C@@H]2[C@@H](C)[C@H](O[C@H]3C[C@@](C)(OC)[C@@H](O)[C@H](C)O3)[C@@H](C)C(=O)O[C@H](CC)[C@@](C)(O)[C@H](O)[C@@H](C)C(=O)[C@H](C)C[C@@]2(C)O)O[C@H](C)C[C@@H]1N(C)C.CCOCOC(=O)c1ccccc1Nc1c(Cl)ccc(C)c1Cl. The van der Waals surface area contributed by atoms with Crippen molar-refractivity contribution in [2.75, 3.05) is 46.5 Å². The zero-order valence-corrected chi connectivity index (χ0v) is 52.6. The molecule has 0 radical (unpaired) electrons. The van der Waals surface area contributed by atoms with Crippen molar-refractivity contribution in [3.8, 4) is 0 Å². The van der Waals surface area contributed by atoms with Crippen LogP contribution in [0.2, 0.25) is 10.0 Å². The Bertz CT molecular complexity index is 2460. The van der Waals surface area contributed by atoms with Crippen molar-refractivity contribution in [2.45, 2.75) is 213 Å². The minimum atomic E-state index is -2.04. The quantitative estimate of drug-likeness (QED) is 0.0411. The van der Waals surface area contributed by atoms with E-state index < -0.39 is 138 Å². The second-order valence-electron chi connectivity index (χ2n) is 23.0. The highest BCUT2D eigenvalue weighted by Crippen LogP contribution is 2.42. The van der Waals surface area contributed by atoms with Crippen LogP contribution in [-0.2, 0) is 66.5 Å². The lowest BCUT2D eigenvalue weighted by Gasteiger charge is -2.49. The van der Waals surface area contributed by atoms with Gasteiger partial charge in [-0.25, -0.2) is 4.79 Å². The predicted molar refractivity (Wildman–Crippen MR) is 309 cm³/mol. The Balaban J connectivity index is 0.000000532. The molecule has 18 atom stereocenters. The lowest BCUT2D eigenvalue weighted by atomic mass is 9.74. The number of benzene rings is 2. The number of hydrogen-bond acceptors (Lipinski definition) is 21. The van der Waals surface area contributed by atoms with Crippen LogP contribution in [0.3, 0.4) is 0 Å². The van der Waals surface area contributed by atoms with Gasteiger partial charge in [0.15, 0.2) is 25.5 Å². The number of cyclic esters (lactones) is 1. The topological polar surface area (TPSA) is 274 Å². The third-order valence-corrected chi connectivity index (χ3v) is 16.9. The number of methoxy groups -OCH3 is 1. The molecule has 2 aromatic carbocycles. The molecule has 0 unspecified atom stereocenters. The summed E-state index contributed by atoms with van der Waals surface area (Å²) in [6.45, 7) is 22.0. The number of likely N-dealkylation sites (N-methyl/N-ethyl adjacent to an activating group) is 1. The maximum Gasteiger partial charge on any atom is 0.342 e. The number of Topliss-reactive ketones (excluding diaryl/α,β-unsaturated/α-hetero) is 1. The number of aryl methyl sites for hydroxylation is 1. The number of esters is 4. The van der Waals surface area contributed by atoms with E-state index in [1.165, 1.54) is 27.9 Å². The Morgan fingerprint density at radius 2 is 1.47 bits per heavy atom. The third-order valence-electron chi connectivity index (χ3n) is 16.1. The van der Waals surface area contributed by atoms with Gasteiger partial charge in [-0.3, -0.25) is 19.2 Å². The number of nitrogens with one attached hydrogen (secondary N) is 1. The predicted octanol–water partition coefficient (Wildman–Crippen LogP) is 7.88. The number of para-hydroxylation sites is 1. The van der Waals surface area contributed by atoms with Crippen LogP contribution in [0.25, 0.3) is 0 Å². The highest BCUT2D eigenvalue weighted by atomic mass is 35.5. The van der Waals surface area contributed by atoms with Gasteiger partial charge in [0, 0.05) is 37.9 Å². The number of rotatable bonds is 18. The number of ether oxygens (including phenoxy) is 10. The fraction of sp³-hybridized carbons (Fsp3) is 0.717. The van der Waals surface area contributed by atoms with Gasteiger partial charge in [-0.1, -0.05) is 69.1 Å². The lowest BCUT2D eigenvalue weighted by molar-refractivity contribution is -0.319. The largest absolute Gasteiger partial charge is 0.466 e. The minimum Gasteiger partial charge on any atom is -0.466 e. The molecule has 3 aliphatic rings. The number of ketones is 1. The monoisotopic (exact) mass is 1210 g/mol. The summed E-state index contributed by atoms with van der Waals surface area (Å²) in [5.74, 6) is -7.13. The van der Waals surface area contributed by atoms with Crippen LogP contribution in [-0.4, -0.2) is 180 Å². The van der Waals surface area contributed by atoms with Crippen molar-refractivity contribution in [3.05, 3.63) is 57.6 Å². The zero-order valence-electron chi connectivity index (χ0n) is 51.1. The van der Waals surface area contributed by atoms with E-state index in [2.05, 4.69) is 5.32 Å². The van der Waals surface area contributed by atoms with Gasteiger partial charge >= 0.3 is 23.9 Å². The highest BCUT2D eigenvalue weighted by Gasteiger charge is 2.54. The van der Waals surface area contributed by atoms with Crippen LogP contribution in [0.15, 0.2) is 36.4 Å². The molecule has 0 aromatic heterocycles. The molecule has 3 saturated heterocycles. The molecule has 21 nitrogen and oxygen atoms in total. The second kappa shape index (κ2) is 31.5. The van der Waals surface area contributed by atoms with Crippen LogP contribution in [0.1, 0.15) is 138 Å². The van der Waals surface area contributed by atoms with Crippen molar-refractivity contribution in [1.82, 2.24) is 4.90 Å². The summed E-state index contributed by atoms with van der Waals surface area (Å²) in [4.78, 5) is 67.8. The van der Waals surface area contributed by atoms with Gasteiger partial charge < -0.3 is 78.0 Å². The number of hydrogen-bond donors (Lipinski definition) is 5. The molecule has 3 aliphatic heterocycles. The molecule has 470 valence electrons. The van der Waals surface area contributed by atoms with E-state index in [0.29, 0.717) is 40.0 Å². The number of carbonyl (C=O) groups is 5. The number of halogens is 2. The van der Waals surface area contributed by atoms with Crippen molar-refractivity contribution >= 4 is 64.2 Å². The number of carbonyl (C=O) groups excluding carboxylic acids is 5. The standard InChI is InChI=1S/C43H75NO16.C17H17Cl2NO3/c1-15-29-43(11,52)36(48)24(5)33(47)22(3)20-41(9,51)38(25(6)34(26(7)39(50)57-29)59-32-21-42(10,53-14)37(49)27(8)56-32)60-40-35(28(44(12)13)19-23(4)55-40)58-31(46)18-17-30(45)54-16-2;1-3-22-10-23-17(21)12-6-4-5-7-14(12)20-16-13(18)9-8-11(2)15(16)19/h22-29,32,34-38,40,48-49,51-52H,15-21H2,1-14H3;4-9,20H,3,10H2,1-2H3/t22-,23-,24+,25+,26-,27+,28+,29-,32+,34+,35-,36-,37+,38-,40+,41-,42-,43-;/m1./s1. The molecule has 2 aromatic rings. The van der Waals surface area contributed by atoms with E-state index >= 15 is 0 Å². The number of aliphatic hydroxyl groups is 4. The zero-order chi connectivity index (χ0) is 62.5. The van der Waals surface area contributed by atoms with E-state index in [4.69, 9.17) is 70.6 Å². The minimum absolute atomic E-state index is 0.0431. The van der Waals surface area contributed by atoms with Gasteiger partial charge in [0.2, 0.25) is 0 Å². The summed E-state index contributed by atoms with van der Waals surface area (Å²) in [7, 11) is 5.09. The van der Waals surface area contributed by atoms with E-state index in [1.807, 2.05) is 45.8 Å². The Morgan fingerprint density at radius 3 is 2.08 bits per heavy atom. The molecular formula is C60H92Cl2N2O19. The lowest BCUT2D eigenvalue weighted by Crippen LogP contribution is -2.61. The van der Waals surface area contributed by atoms with Gasteiger partial charge in [0.25, 0.3) is 0 Å². The summed E-state index contributed by atoms with van der Waals surface area (Å²) < 4.78 is 58.9. The van der Waals surface area contributed by atoms with E-state index in [1.54, 1.807) is 78.8 Å². The maximum absolute atomic E-state index is 14.3. The summed E-state index contributed by atoms with van der Waals surface area (Å²) in [6.07, 6.45) is -11.1. The van der Waals surface area contributed by atoms with E-state index in [-0.39, 0.29) is 45.5 Å². The van der Waals surface area contributed by atoms with Crippen LogP contribution in [0, 0.1) is 30.6 Å². The third kappa shape index (κ3) is 18.5. The summed E-state index contributed by atoms with van der Waals surface area (Å²) >= 11 is 12.5. The second-order valence-corrected chi connectivity index (χ2v) is 23.8. The van der Waals surface area contributed by atoms with Gasteiger partial charge in [-0.15, -0.1) is 0 Å². The molecule has 0 amide bonds. The van der Waals surface area contributed by atoms with E-state index in [9.17, 15) is 44.4 Å². The van der Waals surface area contributed by atoms with Gasteiger partial charge in [0.05, 0.1) is 100 Å². The Kier molecular flexibility index (Phi) is 27.1. The average Bonchev–Trinajstić information content (AvgIpc) is 3.55. The van der Waals surface area contributed by atoms with Gasteiger partial charge in [-0.05, 0) is 119 Å². The molecule has 0 saturated carbocycles. The smallest absolute Gasteiger partial charge is 0.342 e. The Labute approximate surface area is 499 Å². The molecule has 0 spiro atoms. The molecule has 5 rings (SSSR count). The fourth-order valence-electron chi connectivity index (χ4n) is 11.1. The van der Waals surface area contributed by atoms with Crippen molar-refractivity contribution < 1.29 is 91.8 Å².